The van der Waals surface area contributed by atoms with Crippen molar-refractivity contribution in [1.29, 1.82) is 0 Å². The molecule has 2 aromatic rings. The molecule has 0 bridgehead atoms. The molecule has 1 amide bonds. The number of carbonyl (C=O) groups excluding carboxylic acids is 1. The summed E-state index contributed by atoms with van der Waals surface area (Å²) in [6.07, 6.45) is -0.792. The summed E-state index contributed by atoms with van der Waals surface area (Å²) in [6.45, 7) is 1.75. The van der Waals surface area contributed by atoms with Crippen LogP contribution in [0.2, 0.25) is 0 Å². The molecule has 0 radical (unpaired) electrons. The van der Waals surface area contributed by atoms with E-state index in [1.165, 1.54) is 12.1 Å². The summed E-state index contributed by atoms with van der Waals surface area (Å²) in [7, 11) is 0. The van der Waals surface area contributed by atoms with Crippen molar-refractivity contribution in [3.63, 3.8) is 0 Å². The van der Waals surface area contributed by atoms with Crippen LogP contribution in [0, 0.1) is 5.82 Å². The second-order valence-electron chi connectivity index (χ2n) is 4.74. The van der Waals surface area contributed by atoms with Gasteiger partial charge in [0, 0.05) is 6.07 Å². The maximum absolute atomic E-state index is 13.5. The van der Waals surface area contributed by atoms with Crippen molar-refractivity contribution in [3.05, 3.63) is 48.3 Å². The minimum Gasteiger partial charge on any atom is -0.481 e. The number of benzene rings is 2. The Morgan fingerprint density at radius 1 is 1.23 bits per heavy atom. The average molecular weight is 303 g/mol. The van der Waals surface area contributed by atoms with Gasteiger partial charge in [-0.3, -0.25) is 4.79 Å². The standard InChI is InChI=1S/C16H14FNO4/c1-10(16(19)18-13-5-3-2-4-12(13)17)22-11-6-7-14-15(8-11)21-9-20-14/h2-8,10H,9H2,1H3,(H,18,19). The van der Waals surface area contributed by atoms with Crippen LogP contribution in [0.1, 0.15) is 6.92 Å². The Kier molecular flexibility index (Phi) is 3.82. The third kappa shape index (κ3) is 2.95. The fourth-order valence-electron chi connectivity index (χ4n) is 2.00. The van der Waals surface area contributed by atoms with E-state index in [0.717, 1.165) is 0 Å². The highest BCUT2D eigenvalue weighted by Gasteiger charge is 2.19. The number of carbonyl (C=O) groups is 1. The van der Waals surface area contributed by atoms with Gasteiger partial charge >= 0.3 is 0 Å². The number of nitrogens with one attached hydrogen (secondary N) is 1. The van der Waals surface area contributed by atoms with Crippen LogP contribution >= 0.6 is 0 Å². The van der Waals surface area contributed by atoms with E-state index in [0.29, 0.717) is 17.2 Å². The maximum atomic E-state index is 13.5. The zero-order valence-electron chi connectivity index (χ0n) is 11.8. The van der Waals surface area contributed by atoms with Gasteiger partial charge in [0.15, 0.2) is 17.6 Å². The molecule has 6 heteroatoms. The normalized spacial score (nSPS) is 13.5. The van der Waals surface area contributed by atoms with Crippen LogP contribution in [-0.4, -0.2) is 18.8 Å². The zero-order chi connectivity index (χ0) is 15.5. The number of ether oxygens (including phenoxy) is 3. The fraction of sp³-hybridized carbons (Fsp3) is 0.188. The SMILES string of the molecule is CC(Oc1ccc2c(c1)OCO2)C(=O)Nc1ccccc1F. The van der Waals surface area contributed by atoms with Crippen molar-refractivity contribution in [2.75, 3.05) is 12.1 Å². The topological polar surface area (TPSA) is 56.8 Å². The molecule has 5 nitrogen and oxygen atoms in total. The fourth-order valence-corrected chi connectivity index (χ4v) is 2.00. The first-order chi connectivity index (χ1) is 10.6. The molecule has 1 aliphatic rings. The molecule has 2 aromatic carbocycles. The minimum atomic E-state index is -0.792. The van der Waals surface area contributed by atoms with Crippen molar-refractivity contribution < 1.29 is 23.4 Å². The summed E-state index contributed by atoms with van der Waals surface area (Å²) >= 11 is 0. The maximum Gasteiger partial charge on any atom is 0.265 e. The minimum absolute atomic E-state index is 0.119. The van der Waals surface area contributed by atoms with E-state index in [-0.39, 0.29) is 12.5 Å². The van der Waals surface area contributed by atoms with Crippen LogP contribution in [0.15, 0.2) is 42.5 Å². The molecule has 22 heavy (non-hydrogen) atoms. The second-order valence-corrected chi connectivity index (χ2v) is 4.74. The van der Waals surface area contributed by atoms with E-state index in [1.807, 2.05) is 0 Å². The number of hydrogen-bond donors (Lipinski definition) is 1. The molecule has 0 fully saturated rings. The molecule has 1 aliphatic heterocycles. The Morgan fingerprint density at radius 3 is 2.82 bits per heavy atom. The molecule has 0 spiro atoms. The lowest BCUT2D eigenvalue weighted by molar-refractivity contribution is -0.122. The number of rotatable bonds is 4. The van der Waals surface area contributed by atoms with Gasteiger partial charge in [-0.1, -0.05) is 12.1 Å². The first-order valence-corrected chi connectivity index (χ1v) is 6.75. The van der Waals surface area contributed by atoms with Crippen LogP contribution in [0.25, 0.3) is 0 Å². The molecule has 0 saturated carbocycles. The largest absolute Gasteiger partial charge is 0.481 e. The van der Waals surface area contributed by atoms with Gasteiger partial charge in [0.1, 0.15) is 11.6 Å². The molecular formula is C16H14FNO4. The Morgan fingerprint density at radius 2 is 2.00 bits per heavy atom. The predicted molar refractivity (Wildman–Crippen MR) is 77.7 cm³/mol. The summed E-state index contributed by atoms with van der Waals surface area (Å²) < 4.78 is 29.5. The summed E-state index contributed by atoms with van der Waals surface area (Å²) in [5.41, 5.74) is 0.119. The monoisotopic (exact) mass is 303 g/mol. The van der Waals surface area contributed by atoms with Crippen LogP contribution in [0.5, 0.6) is 17.2 Å². The number of halogens is 1. The van der Waals surface area contributed by atoms with Crippen molar-refractivity contribution in [2.45, 2.75) is 13.0 Å². The number of para-hydroxylation sites is 1. The van der Waals surface area contributed by atoms with Gasteiger partial charge in [-0.2, -0.15) is 0 Å². The highest BCUT2D eigenvalue weighted by atomic mass is 19.1. The van der Waals surface area contributed by atoms with Crippen molar-refractivity contribution >= 4 is 11.6 Å². The van der Waals surface area contributed by atoms with Crippen LogP contribution in [0.3, 0.4) is 0 Å². The Hall–Kier alpha value is -2.76. The molecule has 0 aromatic heterocycles. The van der Waals surface area contributed by atoms with Crippen molar-refractivity contribution in [2.24, 2.45) is 0 Å². The van der Waals surface area contributed by atoms with Gasteiger partial charge in [-0.15, -0.1) is 0 Å². The van der Waals surface area contributed by atoms with Crippen LogP contribution in [-0.2, 0) is 4.79 Å². The van der Waals surface area contributed by atoms with E-state index in [4.69, 9.17) is 14.2 Å². The first-order valence-electron chi connectivity index (χ1n) is 6.75. The van der Waals surface area contributed by atoms with E-state index in [9.17, 15) is 9.18 Å². The van der Waals surface area contributed by atoms with Gasteiger partial charge in [-0.25, -0.2) is 4.39 Å². The Bertz CT molecular complexity index is 704. The summed E-state index contributed by atoms with van der Waals surface area (Å²) in [4.78, 5) is 12.0. The van der Waals surface area contributed by atoms with E-state index in [2.05, 4.69) is 5.32 Å². The molecular weight excluding hydrogens is 289 g/mol. The van der Waals surface area contributed by atoms with E-state index < -0.39 is 17.8 Å². The van der Waals surface area contributed by atoms with Gasteiger partial charge in [-0.05, 0) is 31.2 Å². The molecule has 3 rings (SSSR count). The lowest BCUT2D eigenvalue weighted by atomic mass is 10.2. The third-order valence-corrected chi connectivity index (χ3v) is 3.16. The van der Waals surface area contributed by atoms with Gasteiger partial charge in [0.05, 0.1) is 5.69 Å². The zero-order valence-corrected chi connectivity index (χ0v) is 11.8. The first kappa shape index (κ1) is 14.2. The van der Waals surface area contributed by atoms with Crippen molar-refractivity contribution in [3.8, 4) is 17.2 Å². The lowest BCUT2D eigenvalue weighted by Gasteiger charge is -2.15. The number of anilines is 1. The smallest absolute Gasteiger partial charge is 0.265 e. The van der Waals surface area contributed by atoms with Gasteiger partial charge in [0.25, 0.3) is 5.91 Å². The predicted octanol–water partition coefficient (Wildman–Crippen LogP) is 2.96. The third-order valence-electron chi connectivity index (χ3n) is 3.16. The van der Waals surface area contributed by atoms with E-state index >= 15 is 0 Å². The van der Waals surface area contributed by atoms with Crippen molar-refractivity contribution in [1.82, 2.24) is 0 Å². The lowest BCUT2D eigenvalue weighted by Crippen LogP contribution is -2.30. The second kappa shape index (κ2) is 5.93. The highest BCUT2D eigenvalue weighted by Crippen LogP contribution is 2.35. The molecule has 1 unspecified atom stereocenters. The number of hydrogen-bond acceptors (Lipinski definition) is 4. The molecule has 114 valence electrons. The quantitative estimate of drug-likeness (QED) is 0.943. The van der Waals surface area contributed by atoms with E-state index in [1.54, 1.807) is 37.3 Å². The number of fused-ring (bicyclic) bond motifs is 1. The molecule has 1 N–H and O–H groups in total. The molecule has 1 atom stereocenters. The van der Waals surface area contributed by atoms with Gasteiger partial charge < -0.3 is 19.5 Å². The molecule has 0 aliphatic carbocycles. The van der Waals surface area contributed by atoms with Gasteiger partial charge in [0.2, 0.25) is 6.79 Å². The molecule has 0 saturated heterocycles. The van der Waals surface area contributed by atoms with Crippen LogP contribution in [0.4, 0.5) is 10.1 Å². The Balaban J connectivity index is 1.65. The average Bonchev–Trinajstić information content (AvgIpc) is 2.97. The Labute approximate surface area is 126 Å². The highest BCUT2D eigenvalue weighted by molar-refractivity contribution is 5.94. The summed E-state index contributed by atoms with van der Waals surface area (Å²) in [5.74, 6) is 0.740. The summed E-state index contributed by atoms with van der Waals surface area (Å²) in [5, 5.41) is 2.49. The summed E-state index contributed by atoms with van der Waals surface area (Å²) in [6, 6.07) is 11.0. The number of amides is 1. The molecule has 1 heterocycles. The van der Waals surface area contributed by atoms with Crippen LogP contribution < -0.4 is 19.5 Å².